The molecule has 278 valence electrons. The maximum Gasteiger partial charge on any atom is 0.306 e. The van der Waals surface area contributed by atoms with Crippen LogP contribution in [0.1, 0.15) is 155 Å². The minimum absolute atomic E-state index is 0.205. The number of aliphatic hydroxyl groups excluding tert-OH is 1. The normalized spacial score (nSPS) is 13.4. The van der Waals surface area contributed by atoms with Crippen LogP contribution in [0.4, 0.5) is 0 Å². The SMILES string of the molecule is CC/C=C\C/C=C\C/C=C\C/C=C\C/C=C\C/C=C\CCCOCC(CO)OC(=O)CCCCCCCCC/C=C\C/C=C\CCCCC. The van der Waals surface area contributed by atoms with E-state index in [4.69, 9.17) is 9.47 Å². The van der Waals surface area contributed by atoms with Crippen molar-refractivity contribution in [1.82, 2.24) is 0 Å². The highest BCUT2D eigenvalue weighted by Crippen LogP contribution is 2.11. The second-order valence-corrected chi connectivity index (χ2v) is 12.6. The van der Waals surface area contributed by atoms with Crippen LogP contribution in [-0.2, 0) is 14.3 Å². The molecule has 0 aliphatic rings. The monoisotopic (exact) mass is 679 g/mol. The highest BCUT2D eigenvalue weighted by atomic mass is 16.6. The zero-order chi connectivity index (χ0) is 35.6. The van der Waals surface area contributed by atoms with Gasteiger partial charge < -0.3 is 14.6 Å². The standard InChI is InChI=1S/C45H74O4/c1-3-5-7-9-11-13-15-17-19-21-22-23-25-27-29-31-33-35-37-39-41-48-43-44(42-46)49-45(47)40-38-36-34-32-30-28-26-24-20-18-16-14-12-10-8-6-4-2/h5,7,11-14,17-20,22-23,27,29,33,35,44,46H,3-4,6,8-10,15-16,21,24-26,28,30-32,34,36-43H2,1-2H3/b7-5-,13-11-,14-12-,19-17-,20-18-,23-22-,29-27-,35-33-. The number of ether oxygens (including phenoxy) is 2. The summed E-state index contributed by atoms with van der Waals surface area (Å²) >= 11 is 0. The van der Waals surface area contributed by atoms with Crippen molar-refractivity contribution < 1.29 is 19.4 Å². The van der Waals surface area contributed by atoms with E-state index in [1.807, 2.05) is 0 Å². The van der Waals surface area contributed by atoms with Gasteiger partial charge in [-0.25, -0.2) is 0 Å². The lowest BCUT2D eigenvalue weighted by atomic mass is 10.1. The Kier molecular flexibility index (Phi) is 39.2. The molecule has 0 aromatic carbocycles. The number of aliphatic hydroxyl groups is 1. The third kappa shape index (κ3) is 39.6. The van der Waals surface area contributed by atoms with Crippen LogP contribution in [0.2, 0.25) is 0 Å². The molecule has 4 heteroatoms. The number of carbonyl (C=O) groups is 1. The molecule has 0 rings (SSSR count). The quantitative estimate of drug-likeness (QED) is 0.0412. The molecular formula is C45H74O4. The molecule has 1 atom stereocenters. The Morgan fingerprint density at radius 1 is 0.510 bits per heavy atom. The lowest BCUT2D eigenvalue weighted by Gasteiger charge is -2.15. The number of allylic oxidation sites excluding steroid dienone is 16. The van der Waals surface area contributed by atoms with Crippen molar-refractivity contribution in [3.05, 3.63) is 97.2 Å². The van der Waals surface area contributed by atoms with Crippen molar-refractivity contribution >= 4 is 5.97 Å². The molecule has 0 radical (unpaired) electrons. The number of rotatable bonds is 35. The predicted octanol–water partition coefficient (Wildman–Crippen LogP) is 13.0. The van der Waals surface area contributed by atoms with Crippen molar-refractivity contribution in [2.24, 2.45) is 0 Å². The van der Waals surface area contributed by atoms with Crippen LogP contribution < -0.4 is 0 Å². The van der Waals surface area contributed by atoms with Gasteiger partial charge in [0.15, 0.2) is 0 Å². The van der Waals surface area contributed by atoms with Crippen LogP contribution in [0.5, 0.6) is 0 Å². The second kappa shape index (κ2) is 41.5. The van der Waals surface area contributed by atoms with Crippen LogP contribution in [0.15, 0.2) is 97.2 Å². The number of hydrogen-bond donors (Lipinski definition) is 1. The summed E-state index contributed by atoms with van der Waals surface area (Å²) in [5.74, 6) is -0.233. The highest BCUT2D eigenvalue weighted by Gasteiger charge is 2.13. The number of hydrogen-bond acceptors (Lipinski definition) is 4. The molecule has 0 bridgehead atoms. The zero-order valence-electron chi connectivity index (χ0n) is 31.7. The van der Waals surface area contributed by atoms with E-state index in [2.05, 4.69) is 111 Å². The average molecular weight is 679 g/mol. The molecule has 49 heavy (non-hydrogen) atoms. The van der Waals surface area contributed by atoms with Gasteiger partial charge >= 0.3 is 5.97 Å². The van der Waals surface area contributed by atoms with E-state index in [0.717, 1.165) is 77.0 Å². The first kappa shape index (κ1) is 46.3. The summed E-state index contributed by atoms with van der Waals surface area (Å²) in [5, 5.41) is 9.57. The second-order valence-electron chi connectivity index (χ2n) is 12.6. The summed E-state index contributed by atoms with van der Waals surface area (Å²) in [6, 6.07) is 0. The first-order valence-electron chi connectivity index (χ1n) is 19.8. The third-order valence-electron chi connectivity index (χ3n) is 7.89. The van der Waals surface area contributed by atoms with Crippen LogP contribution in [-0.4, -0.2) is 37.0 Å². The molecule has 0 aliphatic heterocycles. The Bertz CT molecular complexity index is 934. The molecule has 1 N–H and O–H groups in total. The molecule has 0 spiro atoms. The van der Waals surface area contributed by atoms with Crippen molar-refractivity contribution in [3.8, 4) is 0 Å². The Balaban J connectivity index is 3.61. The number of esters is 1. The van der Waals surface area contributed by atoms with Crippen LogP contribution >= 0.6 is 0 Å². The molecule has 1 unspecified atom stereocenters. The molecule has 0 saturated heterocycles. The highest BCUT2D eigenvalue weighted by molar-refractivity contribution is 5.69. The van der Waals surface area contributed by atoms with E-state index in [1.54, 1.807) is 0 Å². The van der Waals surface area contributed by atoms with Gasteiger partial charge in [-0.05, 0) is 89.9 Å². The first-order chi connectivity index (χ1) is 24.2. The number of unbranched alkanes of at least 4 members (excludes halogenated alkanes) is 11. The fraction of sp³-hybridized carbons (Fsp3) is 0.622. The van der Waals surface area contributed by atoms with Gasteiger partial charge in [-0.3, -0.25) is 4.79 Å². The van der Waals surface area contributed by atoms with Gasteiger partial charge in [-0.15, -0.1) is 0 Å². The minimum Gasteiger partial charge on any atom is -0.457 e. The summed E-state index contributed by atoms with van der Waals surface area (Å²) in [4.78, 5) is 12.2. The Hall–Kier alpha value is -2.69. The van der Waals surface area contributed by atoms with Gasteiger partial charge in [0, 0.05) is 13.0 Å². The predicted molar refractivity (Wildman–Crippen MR) is 214 cm³/mol. The fourth-order valence-electron chi connectivity index (χ4n) is 4.96. The lowest BCUT2D eigenvalue weighted by molar-refractivity contribution is -0.154. The maximum absolute atomic E-state index is 12.2. The lowest BCUT2D eigenvalue weighted by Crippen LogP contribution is -2.27. The molecule has 4 nitrogen and oxygen atoms in total. The average Bonchev–Trinajstić information content (AvgIpc) is 3.11. The van der Waals surface area contributed by atoms with Gasteiger partial charge in [-0.2, -0.15) is 0 Å². The maximum atomic E-state index is 12.2. The smallest absolute Gasteiger partial charge is 0.306 e. The van der Waals surface area contributed by atoms with E-state index in [0.29, 0.717) is 13.0 Å². The zero-order valence-corrected chi connectivity index (χ0v) is 31.7. The van der Waals surface area contributed by atoms with Gasteiger partial charge in [-0.1, -0.05) is 156 Å². The Morgan fingerprint density at radius 2 is 0.918 bits per heavy atom. The van der Waals surface area contributed by atoms with Crippen molar-refractivity contribution in [1.29, 1.82) is 0 Å². The molecule has 0 aromatic rings. The molecule has 0 aliphatic carbocycles. The van der Waals surface area contributed by atoms with E-state index in [1.165, 1.54) is 57.8 Å². The van der Waals surface area contributed by atoms with Crippen LogP contribution in [0, 0.1) is 0 Å². The minimum atomic E-state index is -0.575. The summed E-state index contributed by atoms with van der Waals surface area (Å²) in [7, 11) is 0. The number of carbonyl (C=O) groups excluding carboxylic acids is 1. The topological polar surface area (TPSA) is 55.8 Å². The van der Waals surface area contributed by atoms with Crippen LogP contribution in [0.25, 0.3) is 0 Å². The molecule has 0 amide bonds. The summed E-state index contributed by atoms with van der Waals surface area (Å²) in [6.07, 6.45) is 58.9. The molecular weight excluding hydrogens is 604 g/mol. The van der Waals surface area contributed by atoms with Gasteiger partial charge in [0.25, 0.3) is 0 Å². The van der Waals surface area contributed by atoms with E-state index in [-0.39, 0.29) is 19.2 Å². The largest absolute Gasteiger partial charge is 0.457 e. The van der Waals surface area contributed by atoms with E-state index in [9.17, 15) is 9.90 Å². The van der Waals surface area contributed by atoms with Gasteiger partial charge in [0.1, 0.15) is 6.10 Å². The summed E-state index contributed by atoms with van der Waals surface area (Å²) in [5.41, 5.74) is 0. The van der Waals surface area contributed by atoms with Crippen molar-refractivity contribution in [2.75, 3.05) is 19.8 Å². The van der Waals surface area contributed by atoms with Gasteiger partial charge in [0.2, 0.25) is 0 Å². The molecule has 0 heterocycles. The molecule has 0 aromatic heterocycles. The summed E-state index contributed by atoms with van der Waals surface area (Å²) < 4.78 is 11.1. The summed E-state index contributed by atoms with van der Waals surface area (Å²) in [6.45, 7) is 5.04. The van der Waals surface area contributed by atoms with E-state index >= 15 is 0 Å². The fourth-order valence-corrected chi connectivity index (χ4v) is 4.96. The molecule has 0 saturated carbocycles. The van der Waals surface area contributed by atoms with Gasteiger partial charge in [0.05, 0.1) is 13.2 Å². The third-order valence-corrected chi connectivity index (χ3v) is 7.89. The van der Waals surface area contributed by atoms with E-state index < -0.39 is 6.10 Å². The van der Waals surface area contributed by atoms with Crippen molar-refractivity contribution in [3.63, 3.8) is 0 Å². The first-order valence-corrected chi connectivity index (χ1v) is 19.8. The van der Waals surface area contributed by atoms with Crippen LogP contribution in [0.3, 0.4) is 0 Å². The van der Waals surface area contributed by atoms with Crippen molar-refractivity contribution in [2.45, 2.75) is 161 Å². The Morgan fingerprint density at radius 3 is 1.39 bits per heavy atom. The Labute approximate surface area is 302 Å². The molecule has 0 fully saturated rings.